The molecule has 1 amide bonds. The number of carbonyl (C=O) groups is 1. The lowest BCUT2D eigenvalue weighted by molar-refractivity contribution is -0.384. The molecule has 0 unspecified atom stereocenters. The van der Waals surface area contributed by atoms with Gasteiger partial charge in [0.2, 0.25) is 0 Å². The maximum Gasteiger partial charge on any atom is 0.293 e. The summed E-state index contributed by atoms with van der Waals surface area (Å²) in [4.78, 5) is 29.3. The molecule has 0 saturated carbocycles. The largest absolute Gasteiger partial charge is 0.372 e. The van der Waals surface area contributed by atoms with Crippen LogP contribution in [0, 0.1) is 17.0 Å². The maximum atomic E-state index is 12.7. The highest BCUT2D eigenvalue weighted by atomic mass is 35.5. The van der Waals surface area contributed by atoms with E-state index in [9.17, 15) is 14.9 Å². The molecule has 3 rings (SSSR count). The van der Waals surface area contributed by atoms with Gasteiger partial charge in [-0.2, -0.15) is 9.78 Å². The third kappa shape index (κ3) is 4.30. The number of nitrogens with one attached hydrogen (secondary N) is 1. The minimum Gasteiger partial charge on any atom is -0.372 e. The predicted octanol–water partition coefficient (Wildman–Crippen LogP) is 4.11. The van der Waals surface area contributed by atoms with Crippen LogP contribution >= 0.6 is 23.2 Å². The van der Waals surface area contributed by atoms with Crippen LogP contribution in [0.25, 0.3) is 5.82 Å². The molecular weight excluding hydrogens is 419 g/mol. The van der Waals surface area contributed by atoms with Gasteiger partial charge in [-0.15, -0.1) is 0 Å². The zero-order valence-corrected chi connectivity index (χ0v) is 17.2. The fourth-order valence-electron chi connectivity index (χ4n) is 2.69. The smallest absolute Gasteiger partial charge is 0.293 e. The summed E-state index contributed by atoms with van der Waals surface area (Å²) >= 11 is 12.1. The molecule has 9 nitrogen and oxygen atoms in total. The molecule has 0 spiro atoms. The lowest BCUT2D eigenvalue weighted by atomic mass is 10.1. The molecule has 1 aromatic carbocycles. The first-order chi connectivity index (χ1) is 13.7. The molecule has 1 N–H and O–H groups in total. The van der Waals surface area contributed by atoms with Gasteiger partial charge in [0.05, 0.1) is 20.7 Å². The van der Waals surface area contributed by atoms with Crippen LogP contribution in [0.15, 0.2) is 36.5 Å². The van der Waals surface area contributed by atoms with E-state index >= 15 is 0 Å². The molecule has 0 fully saturated rings. The summed E-state index contributed by atoms with van der Waals surface area (Å²) in [5.74, 6) is 0.0570. The highest BCUT2D eigenvalue weighted by molar-refractivity contribution is 6.35. The monoisotopic (exact) mass is 434 g/mol. The molecule has 11 heteroatoms. The number of nitro benzene ring substituents is 1. The molecule has 0 aliphatic rings. The van der Waals surface area contributed by atoms with Crippen molar-refractivity contribution in [3.63, 3.8) is 0 Å². The van der Waals surface area contributed by atoms with E-state index in [4.69, 9.17) is 23.2 Å². The van der Waals surface area contributed by atoms with E-state index in [0.29, 0.717) is 22.2 Å². The minimum absolute atomic E-state index is 0.128. The van der Waals surface area contributed by atoms with Crippen LogP contribution in [-0.4, -0.2) is 39.7 Å². The number of rotatable bonds is 5. The highest BCUT2D eigenvalue weighted by Crippen LogP contribution is 2.29. The Morgan fingerprint density at radius 3 is 2.59 bits per heavy atom. The van der Waals surface area contributed by atoms with E-state index in [1.807, 2.05) is 0 Å². The zero-order valence-electron chi connectivity index (χ0n) is 15.7. The van der Waals surface area contributed by atoms with Gasteiger partial charge in [-0.05, 0) is 25.1 Å². The standard InChI is InChI=1S/C18H16Cl2N6O3/c1-10-6-16(25(23-10)17-13(20)8-12(19)9-21-17)22-18(27)11-4-5-14(24(2)3)15(7-11)26(28)29/h4-9H,1-3H3,(H,22,27). The van der Waals surface area contributed by atoms with Crippen molar-refractivity contribution < 1.29 is 9.72 Å². The van der Waals surface area contributed by atoms with Crippen LogP contribution in [0.2, 0.25) is 10.0 Å². The summed E-state index contributed by atoms with van der Waals surface area (Å²) in [7, 11) is 3.37. The van der Waals surface area contributed by atoms with Gasteiger partial charge in [-0.3, -0.25) is 14.9 Å². The van der Waals surface area contributed by atoms with Crippen LogP contribution in [0.3, 0.4) is 0 Å². The fourth-order valence-corrected chi connectivity index (χ4v) is 3.15. The average molecular weight is 435 g/mol. The second kappa shape index (κ2) is 8.06. The number of hydrogen-bond donors (Lipinski definition) is 1. The van der Waals surface area contributed by atoms with Gasteiger partial charge in [0.15, 0.2) is 5.82 Å². The van der Waals surface area contributed by atoms with Crippen molar-refractivity contribution in [2.75, 3.05) is 24.3 Å². The maximum absolute atomic E-state index is 12.7. The number of aryl methyl sites for hydroxylation is 1. The van der Waals surface area contributed by atoms with Crippen molar-refractivity contribution in [2.24, 2.45) is 0 Å². The summed E-state index contributed by atoms with van der Waals surface area (Å²) in [5.41, 5.74) is 0.962. The van der Waals surface area contributed by atoms with Crippen LogP contribution in [0.1, 0.15) is 16.1 Å². The van der Waals surface area contributed by atoms with Crippen LogP contribution in [-0.2, 0) is 0 Å². The Labute approximate surface area is 176 Å². The number of halogens is 2. The van der Waals surface area contributed by atoms with Gasteiger partial charge in [-0.25, -0.2) is 4.98 Å². The lowest BCUT2D eigenvalue weighted by Gasteiger charge is -2.14. The van der Waals surface area contributed by atoms with Crippen LogP contribution in [0.5, 0.6) is 0 Å². The number of nitrogens with zero attached hydrogens (tertiary/aromatic N) is 5. The van der Waals surface area contributed by atoms with Crippen LogP contribution < -0.4 is 10.2 Å². The quantitative estimate of drug-likeness (QED) is 0.478. The molecule has 2 heterocycles. The van der Waals surface area contributed by atoms with E-state index < -0.39 is 10.8 Å². The Balaban J connectivity index is 1.96. The molecule has 0 atom stereocenters. The third-order valence-electron chi connectivity index (χ3n) is 3.98. The Morgan fingerprint density at radius 2 is 1.97 bits per heavy atom. The third-order valence-corrected chi connectivity index (χ3v) is 4.46. The SMILES string of the molecule is Cc1cc(NC(=O)c2ccc(N(C)C)c([N+](=O)[O-])c2)n(-c2ncc(Cl)cc2Cl)n1. The number of benzene rings is 1. The van der Waals surface area contributed by atoms with Crippen molar-refractivity contribution >= 4 is 46.3 Å². The topological polar surface area (TPSA) is 106 Å². The van der Waals surface area contributed by atoms with E-state index in [0.717, 1.165) is 0 Å². The minimum atomic E-state index is -0.537. The van der Waals surface area contributed by atoms with E-state index in [1.165, 1.54) is 35.1 Å². The number of carbonyl (C=O) groups excluding carboxylic acids is 1. The van der Waals surface area contributed by atoms with E-state index in [2.05, 4.69) is 15.4 Å². The Morgan fingerprint density at radius 1 is 1.24 bits per heavy atom. The normalized spacial score (nSPS) is 10.7. The number of anilines is 2. The van der Waals surface area contributed by atoms with Crippen molar-refractivity contribution in [3.05, 3.63) is 67.9 Å². The first-order valence-electron chi connectivity index (χ1n) is 8.32. The van der Waals surface area contributed by atoms with E-state index in [1.54, 1.807) is 32.0 Å². The zero-order chi connectivity index (χ0) is 21.3. The van der Waals surface area contributed by atoms with Crippen molar-refractivity contribution in [2.45, 2.75) is 6.92 Å². The molecule has 29 heavy (non-hydrogen) atoms. The van der Waals surface area contributed by atoms with Gasteiger partial charge in [0.25, 0.3) is 11.6 Å². The summed E-state index contributed by atoms with van der Waals surface area (Å²) in [6.45, 7) is 1.74. The molecule has 3 aromatic rings. The van der Waals surface area contributed by atoms with Crippen molar-refractivity contribution in [1.82, 2.24) is 14.8 Å². The molecule has 150 valence electrons. The average Bonchev–Trinajstić information content (AvgIpc) is 3.00. The van der Waals surface area contributed by atoms with Crippen molar-refractivity contribution in [1.29, 1.82) is 0 Å². The van der Waals surface area contributed by atoms with Crippen LogP contribution in [0.4, 0.5) is 17.2 Å². The van der Waals surface area contributed by atoms with Gasteiger partial charge in [0.1, 0.15) is 11.5 Å². The summed E-state index contributed by atoms with van der Waals surface area (Å²) in [6.07, 6.45) is 1.41. The molecular formula is C18H16Cl2N6O3. The second-order valence-corrected chi connectivity index (χ2v) is 7.19. The van der Waals surface area contributed by atoms with Gasteiger partial charge in [-0.1, -0.05) is 23.2 Å². The van der Waals surface area contributed by atoms with Crippen molar-refractivity contribution in [3.8, 4) is 5.82 Å². The number of pyridine rings is 1. The Bertz CT molecular complexity index is 1110. The number of nitro groups is 1. The summed E-state index contributed by atoms with van der Waals surface area (Å²) in [5, 5.41) is 19.0. The molecule has 0 aliphatic carbocycles. The summed E-state index contributed by atoms with van der Waals surface area (Å²) < 4.78 is 1.37. The Kier molecular flexibility index (Phi) is 5.71. The van der Waals surface area contributed by atoms with E-state index in [-0.39, 0.29) is 22.1 Å². The molecule has 0 bridgehead atoms. The number of aromatic nitrogens is 3. The molecule has 0 saturated heterocycles. The Hall–Kier alpha value is -3.17. The molecule has 0 aliphatic heterocycles. The first kappa shape index (κ1) is 20.6. The second-order valence-electron chi connectivity index (χ2n) is 6.35. The molecule has 0 radical (unpaired) electrons. The lowest BCUT2D eigenvalue weighted by Crippen LogP contribution is -2.17. The van der Waals surface area contributed by atoms with Gasteiger partial charge < -0.3 is 10.2 Å². The molecule has 2 aromatic heterocycles. The van der Waals surface area contributed by atoms with Gasteiger partial charge >= 0.3 is 0 Å². The number of hydrogen-bond acceptors (Lipinski definition) is 6. The first-order valence-corrected chi connectivity index (χ1v) is 9.08. The number of amides is 1. The highest BCUT2D eigenvalue weighted by Gasteiger charge is 2.20. The van der Waals surface area contributed by atoms with Gasteiger partial charge in [0, 0.05) is 38.0 Å². The predicted molar refractivity (Wildman–Crippen MR) is 111 cm³/mol. The fraction of sp³-hybridized carbons (Fsp3) is 0.167. The summed E-state index contributed by atoms with van der Waals surface area (Å²) in [6, 6.07) is 7.40.